The number of aliphatic hydroxyl groups is 1. The van der Waals surface area contributed by atoms with Gasteiger partial charge < -0.3 is 14.6 Å². The van der Waals surface area contributed by atoms with Gasteiger partial charge in [0.1, 0.15) is 6.61 Å². The predicted octanol–water partition coefficient (Wildman–Crippen LogP) is 0.953. The molecule has 0 aromatic heterocycles. The standard InChI is InChI=1S/C11H10O3/c12-6-2-1-3-9-4-5-10-11(7-9)14-8-13-10/h4-5,7,12H,3,6,8H2. The minimum Gasteiger partial charge on any atom is -0.454 e. The van der Waals surface area contributed by atoms with Gasteiger partial charge in [-0.15, -0.1) is 0 Å². The molecule has 1 aliphatic heterocycles. The lowest BCUT2D eigenvalue weighted by Crippen LogP contribution is -1.92. The van der Waals surface area contributed by atoms with Crippen LogP contribution in [-0.4, -0.2) is 18.5 Å². The minimum absolute atomic E-state index is 0.0927. The lowest BCUT2D eigenvalue weighted by atomic mass is 10.1. The Morgan fingerprint density at radius 3 is 2.93 bits per heavy atom. The van der Waals surface area contributed by atoms with E-state index in [0.717, 1.165) is 17.1 Å². The highest BCUT2D eigenvalue weighted by molar-refractivity contribution is 5.45. The summed E-state index contributed by atoms with van der Waals surface area (Å²) in [7, 11) is 0. The molecule has 1 aromatic rings. The Balaban J connectivity index is 2.12. The lowest BCUT2D eigenvalue weighted by Gasteiger charge is -1.97. The summed E-state index contributed by atoms with van der Waals surface area (Å²) in [5.41, 5.74) is 1.07. The second kappa shape index (κ2) is 4.03. The first kappa shape index (κ1) is 8.92. The van der Waals surface area contributed by atoms with Crippen molar-refractivity contribution in [1.29, 1.82) is 0 Å². The van der Waals surface area contributed by atoms with Gasteiger partial charge in [0.25, 0.3) is 0 Å². The molecule has 0 unspecified atom stereocenters. The van der Waals surface area contributed by atoms with E-state index < -0.39 is 0 Å². The highest BCUT2D eigenvalue weighted by Gasteiger charge is 2.12. The molecule has 72 valence electrons. The summed E-state index contributed by atoms with van der Waals surface area (Å²) in [5, 5.41) is 8.48. The molecule has 0 aliphatic carbocycles. The Morgan fingerprint density at radius 2 is 2.07 bits per heavy atom. The summed E-state index contributed by atoms with van der Waals surface area (Å²) in [5.74, 6) is 7.00. The van der Waals surface area contributed by atoms with Crippen LogP contribution in [0.4, 0.5) is 0 Å². The van der Waals surface area contributed by atoms with Crippen LogP contribution in [0, 0.1) is 11.8 Å². The van der Waals surface area contributed by atoms with Crippen molar-refractivity contribution >= 4 is 0 Å². The zero-order valence-electron chi connectivity index (χ0n) is 7.62. The number of aliphatic hydroxyl groups excluding tert-OH is 1. The zero-order chi connectivity index (χ0) is 9.80. The van der Waals surface area contributed by atoms with Crippen molar-refractivity contribution in [2.45, 2.75) is 6.42 Å². The van der Waals surface area contributed by atoms with E-state index in [-0.39, 0.29) is 6.61 Å². The summed E-state index contributed by atoms with van der Waals surface area (Å²) < 4.78 is 10.4. The van der Waals surface area contributed by atoms with Crippen molar-refractivity contribution in [2.75, 3.05) is 13.4 Å². The zero-order valence-corrected chi connectivity index (χ0v) is 7.62. The van der Waals surface area contributed by atoms with Crippen LogP contribution in [-0.2, 0) is 6.42 Å². The first-order valence-corrected chi connectivity index (χ1v) is 4.35. The number of fused-ring (bicyclic) bond motifs is 1. The van der Waals surface area contributed by atoms with E-state index >= 15 is 0 Å². The third-order valence-corrected chi connectivity index (χ3v) is 1.93. The van der Waals surface area contributed by atoms with Gasteiger partial charge in [-0.2, -0.15) is 0 Å². The van der Waals surface area contributed by atoms with Crippen LogP contribution in [0.15, 0.2) is 18.2 Å². The van der Waals surface area contributed by atoms with Gasteiger partial charge in [-0.3, -0.25) is 0 Å². The minimum atomic E-state index is -0.0927. The maximum absolute atomic E-state index is 8.48. The maximum atomic E-state index is 8.48. The molecule has 0 fully saturated rings. The molecule has 14 heavy (non-hydrogen) atoms. The highest BCUT2D eigenvalue weighted by atomic mass is 16.7. The van der Waals surface area contributed by atoms with Gasteiger partial charge in [-0.05, 0) is 17.7 Å². The molecule has 1 heterocycles. The van der Waals surface area contributed by atoms with Crippen LogP contribution >= 0.6 is 0 Å². The molecule has 2 rings (SSSR count). The van der Waals surface area contributed by atoms with Crippen LogP contribution in [0.2, 0.25) is 0 Å². The molecule has 3 nitrogen and oxygen atoms in total. The normalized spacial score (nSPS) is 12.1. The van der Waals surface area contributed by atoms with Gasteiger partial charge >= 0.3 is 0 Å². The molecule has 0 spiro atoms. The third kappa shape index (κ3) is 1.81. The van der Waals surface area contributed by atoms with Crippen molar-refractivity contribution in [2.24, 2.45) is 0 Å². The number of benzene rings is 1. The van der Waals surface area contributed by atoms with Crippen molar-refractivity contribution < 1.29 is 14.6 Å². The Labute approximate surface area is 82.3 Å². The maximum Gasteiger partial charge on any atom is 0.231 e. The van der Waals surface area contributed by atoms with E-state index in [9.17, 15) is 0 Å². The van der Waals surface area contributed by atoms with Crippen LogP contribution in [0.25, 0.3) is 0 Å². The van der Waals surface area contributed by atoms with E-state index in [1.54, 1.807) is 0 Å². The number of rotatable bonds is 1. The number of hydrogen-bond acceptors (Lipinski definition) is 3. The van der Waals surface area contributed by atoms with Crippen LogP contribution in [0.3, 0.4) is 0 Å². The first-order chi connectivity index (χ1) is 6.90. The van der Waals surface area contributed by atoms with E-state index in [4.69, 9.17) is 14.6 Å². The smallest absolute Gasteiger partial charge is 0.231 e. The second-order valence-corrected chi connectivity index (χ2v) is 2.88. The van der Waals surface area contributed by atoms with E-state index in [1.807, 2.05) is 18.2 Å². The monoisotopic (exact) mass is 190 g/mol. The molecule has 0 saturated heterocycles. The molecule has 0 saturated carbocycles. The largest absolute Gasteiger partial charge is 0.454 e. The molecular formula is C11H10O3. The SMILES string of the molecule is OCC#CCc1ccc2c(c1)OCO2. The Morgan fingerprint density at radius 1 is 1.21 bits per heavy atom. The Hall–Kier alpha value is -1.66. The molecule has 0 amide bonds. The fourth-order valence-electron chi connectivity index (χ4n) is 1.27. The van der Waals surface area contributed by atoms with Gasteiger partial charge in [0, 0.05) is 6.42 Å². The molecule has 1 N–H and O–H groups in total. The average molecular weight is 190 g/mol. The molecule has 0 bridgehead atoms. The van der Waals surface area contributed by atoms with E-state index in [1.165, 1.54) is 0 Å². The van der Waals surface area contributed by atoms with Gasteiger partial charge in [-0.1, -0.05) is 17.9 Å². The highest BCUT2D eigenvalue weighted by Crippen LogP contribution is 2.32. The fourth-order valence-corrected chi connectivity index (χ4v) is 1.27. The topological polar surface area (TPSA) is 38.7 Å². The molecule has 3 heteroatoms. The Bertz CT molecular complexity index is 387. The Kier molecular flexibility index (Phi) is 2.57. The summed E-state index contributed by atoms with van der Waals surface area (Å²) in [6.07, 6.45) is 0.622. The third-order valence-electron chi connectivity index (χ3n) is 1.93. The quantitative estimate of drug-likeness (QED) is 0.670. The average Bonchev–Trinajstić information content (AvgIpc) is 2.65. The van der Waals surface area contributed by atoms with Gasteiger partial charge in [0.05, 0.1) is 0 Å². The van der Waals surface area contributed by atoms with Crippen LogP contribution in [0.5, 0.6) is 11.5 Å². The molecule has 1 aliphatic rings. The van der Waals surface area contributed by atoms with Gasteiger partial charge in [-0.25, -0.2) is 0 Å². The second-order valence-electron chi connectivity index (χ2n) is 2.88. The summed E-state index contributed by atoms with van der Waals surface area (Å²) >= 11 is 0. The number of hydrogen-bond donors (Lipinski definition) is 1. The lowest BCUT2D eigenvalue weighted by molar-refractivity contribution is 0.174. The predicted molar refractivity (Wildman–Crippen MR) is 51.1 cm³/mol. The molecular weight excluding hydrogens is 180 g/mol. The summed E-state index contributed by atoms with van der Waals surface area (Å²) in [4.78, 5) is 0. The summed E-state index contributed by atoms with van der Waals surface area (Å²) in [6.45, 7) is 0.200. The molecule has 1 aromatic carbocycles. The van der Waals surface area contributed by atoms with Crippen molar-refractivity contribution in [3.05, 3.63) is 23.8 Å². The van der Waals surface area contributed by atoms with Crippen molar-refractivity contribution in [3.63, 3.8) is 0 Å². The molecule has 0 radical (unpaired) electrons. The first-order valence-electron chi connectivity index (χ1n) is 4.35. The summed E-state index contributed by atoms with van der Waals surface area (Å²) in [6, 6.07) is 5.73. The van der Waals surface area contributed by atoms with Crippen molar-refractivity contribution in [1.82, 2.24) is 0 Å². The van der Waals surface area contributed by atoms with E-state index in [0.29, 0.717) is 13.2 Å². The van der Waals surface area contributed by atoms with E-state index in [2.05, 4.69) is 11.8 Å². The van der Waals surface area contributed by atoms with Gasteiger partial charge in [0.2, 0.25) is 6.79 Å². The fraction of sp³-hybridized carbons (Fsp3) is 0.273. The molecule has 0 atom stereocenters. The number of ether oxygens (including phenoxy) is 2. The van der Waals surface area contributed by atoms with Crippen LogP contribution in [0.1, 0.15) is 5.56 Å². The van der Waals surface area contributed by atoms with Gasteiger partial charge in [0.15, 0.2) is 11.5 Å². The van der Waals surface area contributed by atoms with Crippen molar-refractivity contribution in [3.8, 4) is 23.3 Å². The van der Waals surface area contributed by atoms with Crippen LogP contribution < -0.4 is 9.47 Å².